The van der Waals surface area contributed by atoms with Crippen LogP contribution in [0.25, 0.3) is 0 Å². The quantitative estimate of drug-likeness (QED) is 0.205. The molecule has 0 aromatic carbocycles. The largest absolute Gasteiger partial charge is 0.481 e. The predicted molar refractivity (Wildman–Crippen MR) is 72.6 cm³/mol. The number of carbonyl (C=O) groups excluding carboxylic acids is 3. The second-order valence-corrected chi connectivity index (χ2v) is 4.52. The van der Waals surface area contributed by atoms with Crippen molar-refractivity contribution in [2.75, 3.05) is 6.61 Å². The minimum absolute atomic E-state index is 0.526. The van der Waals surface area contributed by atoms with E-state index >= 15 is 0 Å². The monoisotopic (exact) mass is 334 g/mol. The van der Waals surface area contributed by atoms with Crippen LogP contribution in [0.3, 0.4) is 0 Å². The molecule has 3 atom stereocenters. The van der Waals surface area contributed by atoms with Gasteiger partial charge in [-0.2, -0.15) is 0 Å². The number of hydrogen-bond donors (Lipinski definition) is 7. The van der Waals surface area contributed by atoms with Gasteiger partial charge in [-0.05, 0) is 0 Å². The molecule has 0 aliphatic rings. The maximum Gasteiger partial charge on any atom is 0.328 e. The summed E-state index contributed by atoms with van der Waals surface area (Å²) in [5.74, 6) is -6.04. The fourth-order valence-corrected chi connectivity index (χ4v) is 1.43. The van der Waals surface area contributed by atoms with Gasteiger partial charge in [-0.1, -0.05) is 0 Å². The molecule has 23 heavy (non-hydrogen) atoms. The molecule has 130 valence electrons. The summed E-state index contributed by atoms with van der Waals surface area (Å²) >= 11 is 0. The van der Waals surface area contributed by atoms with E-state index in [1.807, 2.05) is 10.6 Å². The zero-order chi connectivity index (χ0) is 18.2. The topological polar surface area (TPSA) is 222 Å². The molecule has 0 aliphatic heterocycles. The Kier molecular flexibility index (Phi) is 8.21. The van der Waals surface area contributed by atoms with Gasteiger partial charge in [-0.25, -0.2) is 4.79 Å². The highest BCUT2D eigenvalue weighted by Crippen LogP contribution is 1.97. The third-order valence-electron chi connectivity index (χ3n) is 2.57. The fraction of sp³-hybridized carbons (Fsp3) is 0.545. The molecular weight excluding hydrogens is 316 g/mol. The number of hydrogen-bond acceptors (Lipinski definition) is 7. The van der Waals surface area contributed by atoms with Crippen molar-refractivity contribution in [3.8, 4) is 0 Å². The molecule has 0 rings (SSSR count). The van der Waals surface area contributed by atoms with Crippen molar-refractivity contribution in [1.82, 2.24) is 10.6 Å². The summed E-state index contributed by atoms with van der Waals surface area (Å²) in [7, 11) is 0. The Morgan fingerprint density at radius 1 is 0.913 bits per heavy atom. The van der Waals surface area contributed by atoms with Crippen molar-refractivity contribution in [3.05, 3.63) is 0 Å². The molecule has 0 bridgehead atoms. The maximum absolute atomic E-state index is 11.8. The van der Waals surface area contributed by atoms with Crippen LogP contribution in [0.5, 0.6) is 0 Å². The Morgan fingerprint density at radius 3 is 1.83 bits per heavy atom. The van der Waals surface area contributed by atoms with Crippen LogP contribution in [0.4, 0.5) is 0 Å². The third kappa shape index (κ3) is 7.73. The molecule has 0 radical (unpaired) electrons. The normalized spacial score (nSPS) is 14.2. The van der Waals surface area contributed by atoms with Gasteiger partial charge in [0, 0.05) is 0 Å². The molecule has 0 spiro atoms. The third-order valence-corrected chi connectivity index (χ3v) is 2.57. The summed E-state index contributed by atoms with van der Waals surface area (Å²) in [6.45, 7) is -0.935. The SMILES string of the molecule is NC(=O)CC(N)C(=O)NC(CC(=O)O)C(=O)NC(CO)C(=O)O. The molecule has 0 aromatic rings. The van der Waals surface area contributed by atoms with Crippen LogP contribution in [0.15, 0.2) is 0 Å². The van der Waals surface area contributed by atoms with E-state index in [-0.39, 0.29) is 0 Å². The molecule has 3 amide bonds. The van der Waals surface area contributed by atoms with Crippen LogP contribution in [-0.4, -0.2) is 69.7 Å². The molecule has 0 saturated heterocycles. The number of aliphatic hydroxyl groups excluding tert-OH is 1. The Labute approximate surface area is 129 Å². The summed E-state index contributed by atoms with van der Waals surface area (Å²) in [6, 6.07) is -4.72. The molecular formula is C11H18N4O8. The molecule has 0 saturated carbocycles. The first-order chi connectivity index (χ1) is 10.6. The maximum atomic E-state index is 11.8. The van der Waals surface area contributed by atoms with E-state index < -0.39 is 67.2 Å². The van der Waals surface area contributed by atoms with Crippen molar-refractivity contribution in [1.29, 1.82) is 0 Å². The number of aliphatic hydroxyl groups is 1. The molecule has 0 aliphatic carbocycles. The molecule has 0 aromatic heterocycles. The van der Waals surface area contributed by atoms with E-state index in [0.29, 0.717) is 0 Å². The number of carboxylic acids is 2. The van der Waals surface area contributed by atoms with Gasteiger partial charge in [0.2, 0.25) is 17.7 Å². The van der Waals surface area contributed by atoms with E-state index in [2.05, 4.69) is 0 Å². The standard InChI is InChI=1S/C11H18N4O8/c12-4(1-7(13)17)9(20)14-5(2-8(18)19)10(21)15-6(3-16)11(22)23/h4-6,16H,1-3,12H2,(H2,13,17)(H,14,20)(H,15,21)(H,18,19)(H,22,23). The minimum atomic E-state index is -1.67. The first kappa shape index (κ1) is 20.3. The lowest BCUT2D eigenvalue weighted by atomic mass is 10.1. The summed E-state index contributed by atoms with van der Waals surface area (Å²) in [6.07, 6.45) is -1.39. The van der Waals surface area contributed by atoms with Crippen molar-refractivity contribution in [3.63, 3.8) is 0 Å². The average molecular weight is 334 g/mol. The highest BCUT2D eigenvalue weighted by molar-refractivity contribution is 5.95. The first-order valence-corrected chi connectivity index (χ1v) is 6.28. The van der Waals surface area contributed by atoms with Gasteiger partial charge in [0.1, 0.15) is 12.1 Å². The Bertz CT molecular complexity index is 494. The van der Waals surface area contributed by atoms with Crippen molar-refractivity contribution < 1.29 is 39.3 Å². The number of rotatable bonds is 10. The molecule has 3 unspecified atom stereocenters. The molecule has 12 nitrogen and oxygen atoms in total. The Morgan fingerprint density at radius 2 is 1.43 bits per heavy atom. The summed E-state index contributed by atoms with van der Waals surface area (Å²) in [5.41, 5.74) is 10.2. The second kappa shape index (κ2) is 9.32. The molecule has 9 N–H and O–H groups in total. The Balaban J connectivity index is 4.96. The lowest BCUT2D eigenvalue weighted by Gasteiger charge is -2.20. The van der Waals surface area contributed by atoms with Crippen LogP contribution < -0.4 is 22.1 Å². The summed E-state index contributed by atoms with van der Waals surface area (Å²) in [4.78, 5) is 55.6. The predicted octanol–water partition coefficient (Wildman–Crippen LogP) is -4.29. The van der Waals surface area contributed by atoms with Gasteiger partial charge in [0.25, 0.3) is 0 Å². The van der Waals surface area contributed by atoms with Crippen LogP contribution in [0.1, 0.15) is 12.8 Å². The van der Waals surface area contributed by atoms with Crippen LogP contribution >= 0.6 is 0 Å². The highest BCUT2D eigenvalue weighted by Gasteiger charge is 2.29. The van der Waals surface area contributed by atoms with Gasteiger partial charge < -0.3 is 37.4 Å². The number of primary amides is 1. The summed E-state index contributed by atoms with van der Waals surface area (Å²) in [5, 5.41) is 30.1. The highest BCUT2D eigenvalue weighted by atomic mass is 16.4. The lowest BCUT2D eigenvalue weighted by molar-refractivity contribution is -0.144. The Hall–Kier alpha value is -2.73. The van der Waals surface area contributed by atoms with Crippen LogP contribution in [0.2, 0.25) is 0 Å². The lowest BCUT2D eigenvalue weighted by Crippen LogP contribution is -2.56. The van der Waals surface area contributed by atoms with Gasteiger partial charge in [-0.15, -0.1) is 0 Å². The van der Waals surface area contributed by atoms with E-state index in [0.717, 1.165) is 0 Å². The fourth-order valence-electron chi connectivity index (χ4n) is 1.43. The number of aliphatic carboxylic acids is 2. The number of amides is 3. The zero-order valence-corrected chi connectivity index (χ0v) is 11.9. The first-order valence-electron chi connectivity index (χ1n) is 6.28. The van der Waals surface area contributed by atoms with Crippen molar-refractivity contribution in [2.45, 2.75) is 31.0 Å². The average Bonchev–Trinajstić information content (AvgIpc) is 2.41. The molecule has 12 heteroatoms. The zero-order valence-electron chi connectivity index (χ0n) is 11.9. The second-order valence-electron chi connectivity index (χ2n) is 4.52. The van der Waals surface area contributed by atoms with Gasteiger partial charge in [0.05, 0.1) is 25.5 Å². The number of carbonyl (C=O) groups is 5. The smallest absolute Gasteiger partial charge is 0.328 e. The molecule has 0 fully saturated rings. The van der Waals surface area contributed by atoms with Gasteiger partial charge >= 0.3 is 11.9 Å². The van der Waals surface area contributed by atoms with Crippen molar-refractivity contribution in [2.24, 2.45) is 11.5 Å². The van der Waals surface area contributed by atoms with E-state index in [9.17, 15) is 24.0 Å². The van der Waals surface area contributed by atoms with E-state index in [4.69, 9.17) is 26.8 Å². The minimum Gasteiger partial charge on any atom is -0.481 e. The summed E-state index contributed by atoms with van der Waals surface area (Å²) < 4.78 is 0. The van der Waals surface area contributed by atoms with Gasteiger partial charge in [0.15, 0.2) is 0 Å². The number of carboxylic acid groups (broad SMARTS) is 2. The van der Waals surface area contributed by atoms with E-state index in [1.165, 1.54) is 0 Å². The number of nitrogens with one attached hydrogen (secondary N) is 2. The van der Waals surface area contributed by atoms with Crippen LogP contribution in [-0.2, 0) is 24.0 Å². The van der Waals surface area contributed by atoms with Crippen molar-refractivity contribution >= 4 is 29.7 Å². The molecule has 0 heterocycles. The van der Waals surface area contributed by atoms with E-state index in [1.54, 1.807) is 0 Å². The van der Waals surface area contributed by atoms with Gasteiger partial charge in [-0.3, -0.25) is 19.2 Å². The number of nitrogens with two attached hydrogens (primary N) is 2. The van der Waals surface area contributed by atoms with Crippen LogP contribution in [0, 0.1) is 0 Å².